The first-order valence-corrected chi connectivity index (χ1v) is 9.73. The van der Waals surface area contributed by atoms with Crippen molar-refractivity contribution < 1.29 is 0 Å². The monoisotopic (exact) mass is 346 g/mol. The Morgan fingerprint density at radius 2 is 1.07 bits per heavy atom. The molecular weight excluding hydrogens is 324 g/mol. The van der Waals surface area contributed by atoms with Crippen LogP contribution >= 0.6 is 0 Å². The molecule has 1 aliphatic rings. The standard InChI is InChI=1S/C27H22/c1-2-10-20(11-3-1)22-14-6-7-15-24(22)25-16-8-9-17-26(25)27-19-18-21-12-4-5-13-23(21)27/h1-17,27H,18-19H2. The van der Waals surface area contributed by atoms with Crippen LogP contribution in [0.2, 0.25) is 0 Å². The zero-order valence-electron chi connectivity index (χ0n) is 15.3. The third kappa shape index (κ3) is 2.88. The van der Waals surface area contributed by atoms with Gasteiger partial charge in [-0.1, -0.05) is 103 Å². The lowest BCUT2D eigenvalue weighted by Gasteiger charge is -2.19. The van der Waals surface area contributed by atoms with Crippen LogP contribution in [0.3, 0.4) is 0 Å². The minimum atomic E-state index is 0.487. The smallest absolute Gasteiger partial charge is 0.0101 e. The summed E-state index contributed by atoms with van der Waals surface area (Å²) < 4.78 is 0. The molecule has 0 fully saturated rings. The zero-order valence-corrected chi connectivity index (χ0v) is 15.3. The van der Waals surface area contributed by atoms with E-state index in [1.54, 1.807) is 0 Å². The van der Waals surface area contributed by atoms with E-state index in [0.717, 1.165) is 0 Å². The van der Waals surface area contributed by atoms with Crippen molar-refractivity contribution in [1.82, 2.24) is 0 Å². The minimum absolute atomic E-state index is 0.487. The zero-order chi connectivity index (χ0) is 18.1. The SMILES string of the molecule is c1ccc(-c2ccccc2-c2ccccc2C2CCc3ccccc32)cc1. The van der Waals surface area contributed by atoms with E-state index in [4.69, 9.17) is 0 Å². The molecule has 0 aliphatic heterocycles. The number of rotatable bonds is 3. The Bertz CT molecular complexity index is 1080. The molecule has 0 nitrogen and oxygen atoms in total. The molecule has 0 radical (unpaired) electrons. The van der Waals surface area contributed by atoms with E-state index in [-0.39, 0.29) is 0 Å². The van der Waals surface area contributed by atoms with Crippen molar-refractivity contribution in [3.63, 3.8) is 0 Å². The van der Waals surface area contributed by atoms with Crippen LogP contribution in [-0.2, 0) is 6.42 Å². The van der Waals surface area contributed by atoms with Crippen LogP contribution < -0.4 is 0 Å². The molecule has 0 heteroatoms. The van der Waals surface area contributed by atoms with E-state index >= 15 is 0 Å². The maximum atomic E-state index is 2.32. The van der Waals surface area contributed by atoms with Gasteiger partial charge in [-0.05, 0) is 51.8 Å². The Hall–Kier alpha value is -3.12. The lowest BCUT2D eigenvalue weighted by Crippen LogP contribution is -1.99. The molecule has 0 spiro atoms. The average molecular weight is 346 g/mol. The summed E-state index contributed by atoms with van der Waals surface area (Å²) >= 11 is 0. The molecule has 5 rings (SSSR count). The van der Waals surface area contributed by atoms with Gasteiger partial charge in [-0.2, -0.15) is 0 Å². The maximum absolute atomic E-state index is 2.32. The van der Waals surface area contributed by atoms with Crippen molar-refractivity contribution in [3.8, 4) is 22.3 Å². The number of benzene rings is 4. The number of hydrogen-bond donors (Lipinski definition) is 0. The molecule has 1 aliphatic carbocycles. The summed E-state index contributed by atoms with van der Waals surface area (Å²) in [6.45, 7) is 0. The second-order valence-electron chi connectivity index (χ2n) is 7.29. The number of hydrogen-bond acceptors (Lipinski definition) is 0. The first kappa shape index (κ1) is 16.1. The van der Waals surface area contributed by atoms with Gasteiger partial charge in [0.1, 0.15) is 0 Å². The second-order valence-corrected chi connectivity index (χ2v) is 7.29. The molecule has 0 N–H and O–H groups in total. The Morgan fingerprint density at radius 3 is 1.89 bits per heavy atom. The highest BCUT2D eigenvalue weighted by Gasteiger charge is 2.26. The van der Waals surface area contributed by atoms with Gasteiger partial charge in [-0.3, -0.25) is 0 Å². The van der Waals surface area contributed by atoms with Gasteiger partial charge in [0.15, 0.2) is 0 Å². The predicted molar refractivity (Wildman–Crippen MR) is 114 cm³/mol. The van der Waals surface area contributed by atoms with E-state index < -0.39 is 0 Å². The van der Waals surface area contributed by atoms with Crippen molar-refractivity contribution >= 4 is 0 Å². The molecule has 130 valence electrons. The summed E-state index contributed by atoms with van der Waals surface area (Å²) in [5.41, 5.74) is 9.72. The Labute approximate surface area is 161 Å². The molecule has 1 atom stereocenters. The van der Waals surface area contributed by atoms with Crippen molar-refractivity contribution in [2.24, 2.45) is 0 Å². The van der Waals surface area contributed by atoms with Crippen molar-refractivity contribution in [2.75, 3.05) is 0 Å². The molecule has 27 heavy (non-hydrogen) atoms. The third-order valence-electron chi connectivity index (χ3n) is 5.77. The molecule has 4 aromatic rings. The van der Waals surface area contributed by atoms with Gasteiger partial charge >= 0.3 is 0 Å². The van der Waals surface area contributed by atoms with Crippen LogP contribution in [0, 0.1) is 0 Å². The number of fused-ring (bicyclic) bond motifs is 1. The van der Waals surface area contributed by atoms with Gasteiger partial charge in [0.25, 0.3) is 0 Å². The summed E-state index contributed by atoms with van der Waals surface area (Å²) in [4.78, 5) is 0. The van der Waals surface area contributed by atoms with E-state index in [1.165, 1.54) is 51.8 Å². The van der Waals surface area contributed by atoms with Crippen molar-refractivity contribution in [2.45, 2.75) is 18.8 Å². The van der Waals surface area contributed by atoms with Crippen molar-refractivity contribution in [1.29, 1.82) is 0 Å². The topological polar surface area (TPSA) is 0 Å². The molecular formula is C27H22. The maximum Gasteiger partial charge on any atom is 0.0101 e. The summed E-state index contributed by atoms with van der Waals surface area (Å²) in [6.07, 6.45) is 2.37. The molecule has 0 saturated heterocycles. The van der Waals surface area contributed by atoms with Crippen LogP contribution in [0.4, 0.5) is 0 Å². The van der Waals surface area contributed by atoms with Gasteiger partial charge < -0.3 is 0 Å². The fraction of sp³-hybridized carbons (Fsp3) is 0.111. The summed E-state index contributed by atoms with van der Waals surface area (Å²) in [5, 5.41) is 0. The van der Waals surface area contributed by atoms with Crippen molar-refractivity contribution in [3.05, 3.63) is 120 Å². The lowest BCUT2D eigenvalue weighted by molar-refractivity contribution is 0.790. The minimum Gasteiger partial charge on any atom is -0.0622 e. The van der Waals surface area contributed by atoms with Crippen LogP contribution in [0.25, 0.3) is 22.3 Å². The van der Waals surface area contributed by atoms with Crippen LogP contribution in [0.15, 0.2) is 103 Å². The first-order chi connectivity index (χ1) is 13.4. The Balaban J connectivity index is 1.68. The average Bonchev–Trinajstić information content (AvgIpc) is 3.18. The van der Waals surface area contributed by atoms with Crippen LogP contribution in [0.5, 0.6) is 0 Å². The molecule has 4 aromatic carbocycles. The molecule has 0 aromatic heterocycles. The second kappa shape index (κ2) is 6.89. The molecule has 1 unspecified atom stereocenters. The fourth-order valence-electron chi connectivity index (χ4n) is 4.51. The summed E-state index contributed by atoms with van der Waals surface area (Å²) in [7, 11) is 0. The first-order valence-electron chi connectivity index (χ1n) is 9.73. The van der Waals surface area contributed by atoms with E-state index in [9.17, 15) is 0 Å². The predicted octanol–water partition coefficient (Wildman–Crippen LogP) is 7.10. The molecule has 0 amide bonds. The van der Waals surface area contributed by atoms with E-state index in [2.05, 4.69) is 103 Å². The van der Waals surface area contributed by atoms with Crippen LogP contribution in [0.1, 0.15) is 29.0 Å². The van der Waals surface area contributed by atoms with Gasteiger partial charge in [0.2, 0.25) is 0 Å². The van der Waals surface area contributed by atoms with Gasteiger partial charge in [-0.15, -0.1) is 0 Å². The fourth-order valence-corrected chi connectivity index (χ4v) is 4.51. The Kier molecular flexibility index (Phi) is 4.10. The van der Waals surface area contributed by atoms with Gasteiger partial charge in [0.05, 0.1) is 0 Å². The Morgan fingerprint density at radius 1 is 0.481 bits per heavy atom. The van der Waals surface area contributed by atoms with Gasteiger partial charge in [0, 0.05) is 5.92 Å². The number of aryl methyl sites for hydroxylation is 1. The lowest BCUT2D eigenvalue weighted by atomic mass is 9.84. The van der Waals surface area contributed by atoms with Crippen LogP contribution in [-0.4, -0.2) is 0 Å². The third-order valence-corrected chi connectivity index (χ3v) is 5.77. The van der Waals surface area contributed by atoms with Gasteiger partial charge in [-0.25, -0.2) is 0 Å². The highest BCUT2D eigenvalue weighted by molar-refractivity contribution is 5.85. The summed E-state index contributed by atoms with van der Waals surface area (Å²) in [5.74, 6) is 0.487. The normalized spacial score (nSPS) is 15.5. The molecule has 0 bridgehead atoms. The van der Waals surface area contributed by atoms with E-state index in [1.807, 2.05) is 0 Å². The quantitative estimate of drug-likeness (QED) is 0.371. The molecule has 0 heterocycles. The highest BCUT2D eigenvalue weighted by atomic mass is 14.3. The largest absolute Gasteiger partial charge is 0.0622 e. The van der Waals surface area contributed by atoms with E-state index in [0.29, 0.717) is 5.92 Å². The summed E-state index contributed by atoms with van der Waals surface area (Å²) in [6, 6.07) is 37.4. The molecule has 0 saturated carbocycles. The highest BCUT2D eigenvalue weighted by Crippen LogP contribution is 2.43.